The van der Waals surface area contributed by atoms with Crippen molar-refractivity contribution in [3.8, 4) is 11.3 Å². The summed E-state index contributed by atoms with van der Waals surface area (Å²) in [5, 5.41) is 7.16. The van der Waals surface area contributed by atoms with Gasteiger partial charge >= 0.3 is 0 Å². The average molecular weight is 348 g/mol. The topological polar surface area (TPSA) is 59.8 Å². The fourth-order valence-electron chi connectivity index (χ4n) is 2.89. The first-order chi connectivity index (χ1) is 12.5. The summed E-state index contributed by atoms with van der Waals surface area (Å²) in [6, 6.07) is 10.3. The van der Waals surface area contributed by atoms with Crippen molar-refractivity contribution in [3.63, 3.8) is 0 Å². The van der Waals surface area contributed by atoms with Gasteiger partial charge in [-0.25, -0.2) is 0 Å². The van der Waals surface area contributed by atoms with Crippen LogP contribution in [-0.4, -0.2) is 20.7 Å². The fourth-order valence-corrected chi connectivity index (χ4v) is 2.89. The maximum atomic E-state index is 12.2. The number of pyridine rings is 1. The fraction of sp³-hybridized carbons (Fsp3) is 0.286. The number of aryl methyl sites for hydroxylation is 4. The number of hydrogen-bond acceptors (Lipinski definition) is 3. The van der Waals surface area contributed by atoms with E-state index < -0.39 is 0 Å². The molecule has 0 spiro atoms. The lowest BCUT2D eigenvalue weighted by molar-refractivity contribution is -0.121. The molecule has 0 saturated heterocycles. The van der Waals surface area contributed by atoms with E-state index in [9.17, 15) is 4.79 Å². The Labute approximate surface area is 154 Å². The summed E-state index contributed by atoms with van der Waals surface area (Å²) in [5.74, 6) is 0.0502. The van der Waals surface area contributed by atoms with E-state index in [1.165, 1.54) is 16.7 Å². The van der Waals surface area contributed by atoms with Gasteiger partial charge in [0, 0.05) is 44.2 Å². The molecule has 0 atom stereocenters. The molecule has 2 aromatic heterocycles. The van der Waals surface area contributed by atoms with E-state index in [4.69, 9.17) is 0 Å². The zero-order chi connectivity index (χ0) is 18.5. The summed E-state index contributed by atoms with van der Waals surface area (Å²) in [4.78, 5) is 16.4. The average Bonchev–Trinajstić information content (AvgIpc) is 3.07. The number of benzene rings is 1. The molecule has 134 valence electrons. The minimum absolute atomic E-state index is 0.0502. The molecule has 1 aromatic carbocycles. The van der Waals surface area contributed by atoms with E-state index in [1.807, 2.05) is 30.1 Å². The van der Waals surface area contributed by atoms with Gasteiger partial charge in [0.25, 0.3) is 0 Å². The predicted molar refractivity (Wildman–Crippen MR) is 103 cm³/mol. The zero-order valence-corrected chi connectivity index (χ0v) is 15.5. The molecule has 0 saturated carbocycles. The largest absolute Gasteiger partial charge is 0.352 e. The van der Waals surface area contributed by atoms with Crippen molar-refractivity contribution in [2.24, 2.45) is 7.05 Å². The third-order valence-electron chi connectivity index (χ3n) is 4.61. The molecule has 0 aliphatic carbocycles. The van der Waals surface area contributed by atoms with Crippen molar-refractivity contribution in [2.45, 2.75) is 33.2 Å². The number of carbonyl (C=O) groups is 1. The zero-order valence-electron chi connectivity index (χ0n) is 15.5. The van der Waals surface area contributed by atoms with Crippen molar-refractivity contribution < 1.29 is 4.79 Å². The Morgan fingerprint density at radius 2 is 1.92 bits per heavy atom. The highest BCUT2D eigenvalue weighted by Crippen LogP contribution is 2.18. The molecule has 0 radical (unpaired) electrons. The second kappa shape index (κ2) is 7.95. The predicted octanol–water partition coefficient (Wildman–Crippen LogP) is 3.35. The molecule has 1 amide bonds. The highest BCUT2D eigenvalue weighted by atomic mass is 16.1. The third-order valence-corrected chi connectivity index (χ3v) is 4.61. The molecule has 0 bridgehead atoms. The molecule has 3 rings (SSSR count). The smallest absolute Gasteiger partial charge is 0.220 e. The molecule has 2 heterocycles. The van der Waals surface area contributed by atoms with Gasteiger partial charge in [-0.3, -0.25) is 14.5 Å². The Hall–Kier alpha value is -2.95. The molecule has 5 heteroatoms. The standard InChI is InChI=1S/C21H24N4O/c1-15-4-5-17(10-16(15)2)6-7-21(26)23-13-18-11-19(14-22-12-18)20-8-9-24-25(20)3/h4-5,8-12,14H,6-7,13H2,1-3H3,(H,23,26). The van der Waals surface area contributed by atoms with E-state index in [0.29, 0.717) is 13.0 Å². The number of amides is 1. The summed E-state index contributed by atoms with van der Waals surface area (Å²) in [7, 11) is 1.90. The van der Waals surface area contributed by atoms with Crippen LogP contribution >= 0.6 is 0 Å². The van der Waals surface area contributed by atoms with Crippen LogP contribution < -0.4 is 5.32 Å². The van der Waals surface area contributed by atoms with E-state index in [-0.39, 0.29) is 5.91 Å². The van der Waals surface area contributed by atoms with Crippen LogP contribution in [0.4, 0.5) is 0 Å². The summed E-state index contributed by atoms with van der Waals surface area (Å²) in [6.07, 6.45) is 6.58. The second-order valence-corrected chi connectivity index (χ2v) is 6.62. The maximum Gasteiger partial charge on any atom is 0.220 e. The summed E-state index contributed by atoms with van der Waals surface area (Å²) >= 11 is 0. The van der Waals surface area contributed by atoms with Crippen LogP contribution in [0.3, 0.4) is 0 Å². The quantitative estimate of drug-likeness (QED) is 0.743. The number of nitrogens with zero attached hydrogens (tertiary/aromatic N) is 3. The van der Waals surface area contributed by atoms with Gasteiger partial charge in [-0.2, -0.15) is 5.10 Å². The molecule has 0 aliphatic rings. The van der Waals surface area contributed by atoms with Gasteiger partial charge in [0.05, 0.1) is 5.69 Å². The van der Waals surface area contributed by atoms with E-state index >= 15 is 0 Å². The minimum atomic E-state index is 0.0502. The number of hydrogen-bond donors (Lipinski definition) is 1. The highest BCUT2D eigenvalue weighted by molar-refractivity contribution is 5.76. The second-order valence-electron chi connectivity index (χ2n) is 6.62. The monoisotopic (exact) mass is 348 g/mol. The van der Waals surface area contributed by atoms with Crippen LogP contribution in [0, 0.1) is 13.8 Å². The lowest BCUT2D eigenvalue weighted by Crippen LogP contribution is -2.23. The molecule has 0 fully saturated rings. The van der Waals surface area contributed by atoms with Crippen LogP contribution in [0.15, 0.2) is 48.9 Å². The number of carbonyl (C=O) groups excluding carboxylic acids is 1. The van der Waals surface area contributed by atoms with Gasteiger partial charge in [-0.15, -0.1) is 0 Å². The molecule has 3 aromatic rings. The molecular formula is C21H24N4O. The van der Waals surface area contributed by atoms with Gasteiger partial charge in [-0.05, 0) is 54.7 Å². The van der Waals surface area contributed by atoms with E-state index in [1.54, 1.807) is 12.4 Å². The number of rotatable bonds is 6. The van der Waals surface area contributed by atoms with Crippen LogP contribution in [-0.2, 0) is 24.8 Å². The third kappa shape index (κ3) is 4.36. The van der Waals surface area contributed by atoms with Gasteiger partial charge < -0.3 is 5.32 Å². The Balaban J connectivity index is 1.54. The summed E-state index contributed by atoms with van der Waals surface area (Å²) < 4.78 is 1.81. The van der Waals surface area contributed by atoms with Crippen molar-refractivity contribution in [2.75, 3.05) is 0 Å². The minimum Gasteiger partial charge on any atom is -0.352 e. The van der Waals surface area contributed by atoms with Crippen LogP contribution in [0.2, 0.25) is 0 Å². The van der Waals surface area contributed by atoms with Gasteiger partial charge in [0.2, 0.25) is 5.91 Å². The SMILES string of the molecule is Cc1ccc(CCC(=O)NCc2cncc(-c3ccnn3C)c2)cc1C. The first kappa shape index (κ1) is 17.9. The Morgan fingerprint density at radius 3 is 2.65 bits per heavy atom. The molecule has 1 N–H and O–H groups in total. The Morgan fingerprint density at radius 1 is 1.08 bits per heavy atom. The molecule has 5 nitrogen and oxygen atoms in total. The Bertz CT molecular complexity index is 914. The molecule has 26 heavy (non-hydrogen) atoms. The van der Waals surface area contributed by atoms with Crippen molar-refractivity contribution in [3.05, 3.63) is 71.2 Å². The summed E-state index contributed by atoms with van der Waals surface area (Å²) in [5.41, 5.74) is 6.71. The number of aromatic nitrogens is 3. The van der Waals surface area contributed by atoms with Gasteiger partial charge in [0.1, 0.15) is 0 Å². The first-order valence-electron chi connectivity index (χ1n) is 8.78. The van der Waals surface area contributed by atoms with Gasteiger partial charge in [-0.1, -0.05) is 18.2 Å². The van der Waals surface area contributed by atoms with Crippen LogP contribution in [0.1, 0.15) is 28.7 Å². The van der Waals surface area contributed by atoms with Crippen molar-refractivity contribution in [1.82, 2.24) is 20.1 Å². The van der Waals surface area contributed by atoms with Crippen LogP contribution in [0.5, 0.6) is 0 Å². The number of nitrogens with one attached hydrogen (secondary N) is 1. The summed E-state index contributed by atoms with van der Waals surface area (Å²) in [6.45, 7) is 4.67. The maximum absolute atomic E-state index is 12.2. The molecular weight excluding hydrogens is 324 g/mol. The molecule has 0 unspecified atom stereocenters. The normalized spacial score (nSPS) is 10.7. The first-order valence-corrected chi connectivity index (χ1v) is 8.78. The van der Waals surface area contributed by atoms with Crippen LogP contribution in [0.25, 0.3) is 11.3 Å². The lowest BCUT2D eigenvalue weighted by atomic mass is 10.0. The lowest BCUT2D eigenvalue weighted by Gasteiger charge is -2.08. The van der Waals surface area contributed by atoms with E-state index in [2.05, 4.69) is 47.4 Å². The van der Waals surface area contributed by atoms with E-state index in [0.717, 1.165) is 23.2 Å². The highest BCUT2D eigenvalue weighted by Gasteiger charge is 2.06. The Kier molecular flexibility index (Phi) is 5.46. The van der Waals surface area contributed by atoms with Gasteiger partial charge in [0.15, 0.2) is 0 Å². The van der Waals surface area contributed by atoms with Crippen molar-refractivity contribution in [1.29, 1.82) is 0 Å². The molecule has 0 aliphatic heterocycles. The van der Waals surface area contributed by atoms with Crippen molar-refractivity contribution >= 4 is 5.91 Å².